The summed E-state index contributed by atoms with van der Waals surface area (Å²) in [7, 11) is 1.31. The van der Waals surface area contributed by atoms with Gasteiger partial charge in [-0.05, 0) is 43.2 Å². The third-order valence-electron chi connectivity index (χ3n) is 6.67. The van der Waals surface area contributed by atoms with Crippen LogP contribution in [-0.2, 0) is 19.1 Å². The molecule has 7 nitrogen and oxygen atoms in total. The number of imide groups is 1. The molecule has 4 atom stereocenters. The van der Waals surface area contributed by atoms with E-state index in [9.17, 15) is 19.5 Å². The average Bonchev–Trinajstić information content (AvgIpc) is 3.27. The molecule has 0 saturated carbocycles. The summed E-state index contributed by atoms with van der Waals surface area (Å²) < 4.78 is 5.16. The predicted octanol–water partition coefficient (Wildman–Crippen LogP) is 3.25. The van der Waals surface area contributed by atoms with Gasteiger partial charge in [-0.2, -0.15) is 0 Å². The smallest absolute Gasteiger partial charge is 0.326 e. The quantitative estimate of drug-likeness (QED) is 0.533. The summed E-state index contributed by atoms with van der Waals surface area (Å²) in [6.45, 7) is 3.94. The maximum Gasteiger partial charge on any atom is 0.326 e. The van der Waals surface area contributed by atoms with Gasteiger partial charge in [0.2, 0.25) is 11.8 Å². The molecular weight excluding hydrogens is 408 g/mol. The van der Waals surface area contributed by atoms with E-state index >= 15 is 0 Å². The highest BCUT2D eigenvalue weighted by Gasteiger charge is 2.68. The molecule has 0 spiro atoms. The molecule has 2 fully saturated rings. The zero-order valence-corrected chi connectivity index (χ0v) is 18.5. The first-order chi connectivity index (χ1) is 15.3. The van der Waals surface area contributed by atoms with Gasteiger partial charge in [-0.15, -0.1) is 0 Å². The second-order valence-corrected chi connectivity index (χ2v) is 8.63. The fraction of sp³-hybridized carbons (Fsp3) is 0.400. The van der Waals surface area contributed by atoms with E-state index in [1.54, 1.807) is 24.3 Å². The summed E-state index contributed by atoms with van der Waals surface area (Å²) in [5, 5.41) is 13.1. The summed E-state index contributed by atoms with van der Waals surface area (Å²) in [6.07, 6.45) is 1.90. The van der Waals surface area contributed by atoms with Gasteiger partial charge in [-0.1, -0.05) is 49.6 Å². The molecule has 2 amide bonds. The first-order valence-corrected chi connectivity index (χ1v) is 10.9. The van der Waals surface area contributed by atoms with E-state index in [0.29, 0.717) is 18.5 Å². The minimum atomic E-state index is -1.30. The number of ether oxygens (including phenoxy) is 1. The van der Waals surface area contributed by atoms with Gasteiger partial charge in [0.15, 0.2) is 0 Å². The minimum Gasteiger partial charge on any atom is -0.508 e. The number of phenolic OH excluding ortho intramolecular Hbond substituents is 1. The molecule has 168 valence electrons. The van der Waals surface area contributed by atoms with Gasteiger partial charge in [-0.3, -0.25) is 19.7 Å². The highest BCUT2D eigenvalue weighted by molar-refractivity contribution is 6.24. The Morgan fingerprint density at radius 2 is 1.75 bits per heavy atom. The topological polar surface area (TPSA) is 95.9 Å². The number of aryl methyl sites for hydroxylation is 1. The van der Waals surface area contributed by atoms with Gasteiger partial charge in [0.1, 0.15) is 11.3 Å². The maximum absolute atomic E-state index is 13.7. The van der Waals surface area contributed by atoms with Crippen molar-refractivity contribution in [3.8, 4) is 5.75 Å². The largest absolute Gasteiger partial charge is 0.508 e. The normalized spacial score (nSPS) is 27.0. The lowest BCUT2D eigenvalue weighted by molar-refractivity contribution is -0.152. The van der Waals surface area contributed by atoms with E-state index < -0.39 is 29.4 Å². The van der Waals surface area contributed by atoms with Crippen LogP contribution < -0.4 is 10.2 Å². The number of rotatable bonds is 6. The van der Waals surface area contributed by atoms with Crippen molar-refractivity contribution in [2.75, 3.05) is 12.0 Å². The number of nitrogens with one attached hydrogen (secondary N) is 1. The Bertz CT molecular complexity index is 1030. The number of benzene rings is 2. The van der Waals surface area contributed by atoms with Crippen LogP contribution in [0.15, 0.2) is 48.5 Å². The van der Waals surface area contributed by atoms with Crippen LogP contribution in [0.25, 0.3) is 0 Å². The standard InChI is InChI=1S/C25H28N2O5/c1-4-5-14-25(24(31)32-3)20-19(21(26-25)16-8-12-18(28)13-9-16)22(29)27(23(20)30)17-10-6-15(2)7-11-17/h6-13,19-21,26,28H,4-5,14H2,1-3H3/t19-,20-,21-,25+/m1/s1. The number of carbonyl (C=O) groups excluding carboxylic acids is 3. The minimum absolute atomic E-state index is 0.101. The summed E-state index contributed by atoms with van der Waals surface area (Å²) in [5.74, 6) is -2.80. The Morgan fingerprint density at radius 3 is 2.34 bits per heavy atom. The number of phenols is 1. The van der Waals surface area contributed by atoms with Crippen molar-refractivity contribution in [2.24, 2.45) is 11.8 Å². The molecule has 4 rings (SSSR count). The molecule has 2 saturated heterocycles. The molecule has 2 heterocycles. The number of hydrogen-bond acceptors (Lipinski definition) is 6. The Balaban J connectivity index is 1.85. The molecule has 2 aromatic rings. The average molecular weight is 437 g/mol. The van der Waals surface area contributed by atoms with Crippen molar-refractivity contribution in [1.29, 1.82) is 0 Å². The lowest BCUT2D eigenvalue weighted by Crippen LogP contribution is -2.56. The fourth-order valence-electron chi connectivity index (χ4n) is 5.08. The third kappa shape index (κ3) is 3.37. The number of hydrogen-bond donors (Lipinski definition) is 2. The second kappa shape index (κ2) is 8.39. The molecule has 0 aliphatic carbocycles. The molecule has 0 unspecified atom stereocenters. The molecule has 2 aromatic carbocycles. The SMILES string of the molecule is CCCC[C@]1(C(=O)OC)N[C@H](c2ccc(O)cc2)[C@@H]2C(=O)N(c3ccc(C)cc3)C(=O)[C@@H]21. The zero-order valence-electron chi connectivity index (χ0n) is 18.5. The van der Waals surface area contributed by atoms with Gasteiger partial charge < -0.3 is 9.84 Å². The molecule has 0 radical (unpaired) electrons. The number of fused-ring (bicyclic) bond motifs is 1. The monoisotopic (exact) mass is 436 g/mol. The molecule has 2 N–H and O–H groups in total. The third-order valence-corrected chi connectivity index (χ3v) is 6.67. The summed E-state index contributed by atoms with van der Waals surface area (Å²) in [4.78, 5) is 41.8. The molecule has 32 heavy (non-hydrogen) atoms. The van der Waals surface area contributed by atoms with Crippen molar-refractivity contribution in [1.82, 2.24) is 5.32 Å². The van der Waals surface area contributed by atoms with E-state index in [1.807, 2.05) is 26.0 Å². The molecule has 7 heteroatoms. The van der Waals surface area contributed by atoms with Crippen LogP contribution >= 0.6 is 0 Å². The Labute approximate surface area is 187 Å². The highest BCUT2D eigenvalue weighted by Crippen LogP contribution is 2.51. The van der Waals surface area contributed by atoms with E-state index in [0.717, 1.165) is 17.5 Å². The van der Waals surface area contributed by atoms with E-state index in [2.05, 4.69) is 5.32 Å². The number of unbranched alkanes of at least 4 members (excludes halogenated alkanes) is 1. The molecular formula is C25H28N2O5. The van der Waals surface area contributed by atoms with Crippen LogP contribution in [0.3, 0.4) is 0 Å². The van der Waals surface area contributed by atoms with Gasteiger partial charge in [0.25, 0.3) is 0 Å². The first-order valence-electron chi connectivity index (χ1n) is 10.9. The number of carbonyl (C=O) groups is 3. The fourth-order valence-corrected chi connectivity index (χ4v) is 5.08. The maximum atomic E-state index is 13.7. The number of nitrogens with zero attached hydrogens (tertiary/aromatic N) is 1. The van der Waals surface area contributed by atoms with Gasteiger partial charge in [0, 0.05) is 6.04 Å². The first kappa shape index (κ1) is 22.0. The van der Waals surface area contributed by atoms with Gasteiger partial charge >= 0.3 is 5.97 Å². The summed E-state index contributed by atoms with van der Waals surface area (Å²) in [5.41, 5.74) is 0.943. The van der Waals surface area contributed by atoms with Crippen LogP contribution in [0.5, 0.6) is 5.75 Å². The highest BCUT2D eigenvalue weighted by atomic mass is 16.5. The lowest BCUT2D eigenvalue weighted by atomic mass is 9.76. The molecule has 2 aliphatic heterocycles. The van der Waals surface area contributed by atoms with E-state index in [4.69, 9.17) is 4.74 Å². The van der Waals surface area contributed by atoms with Crippen LogP contribution in [0.1, 0.15) is 43.4 Å². The van der Waals surface area contributed by atoms with Crippen molar-refractivity contribution in [2.45, 2.75) is 44.7 Å². The van der Waals surface area contributed by atoms with Crippen LogP contribution in [0.2, 0.25) is 0 Å². The zero-order chi connectivity index (χ0) is 23.0. The van der Waals surface area contributed by atoms with Crippen molar-refractivity contribution in [3.05, 3.63) is 59.7 Å². The number of aromatic hydroxyl groups is 1. The molecule has 0 aromatic heterocycles. The van der Waals surface area contributed by atoms with Crippen molar-refractivity contribution < 1.29 is 24.2 Å². The number of methoxy groups -OCH3 is 1. The van der Waals surface area contributed by atoms with Crippen LogP contribution in [0.4, 0.5) is 5.69 Å². The van der Waals surface area contributed by atoms with Crippen LogP contribution in [0, 0.1) is 18.8 Å². The van der Waals surface area contributed by atoms with Crippen molar-refractivity contribution in [3.63, 3.8) is 0 Å². The Morgan fingerprint density at radius 1 is 1.09 bits per heavy atom. The van der Waals surface area contributed by atoms with E-state index in [-0.39, 0.29) is 17.6 Å². The second-order valence-electron chi connectivity index (χ2n) is 8.63. The predicted molar refractivity (Wildman–Crippen MR) is 119 cm³/mol. The van der Waals surface area contributed by atoms with Crippen molar-refractivity contribution >= 4 is 23.5 Å². The summed E-state index contributed by atoms with van der Waals surface area (Å²) in [6, 6.07) is 13.1. The summed E-state index contributed by atoms with van der Waals surface area (Å²) >= 11 is 0. The lowest BCUT2D eigenvalue weighted by Gasteiger charge is -2.32. The van der Waals surface area contributed by atoms with Gasteiger partial charge in [-0.25, -0.2) is 4.90 Å². The van der Waals surface area contributed by atoms with Gasteiger partial charge in [0.05, 0.1) is 24.6 Å². The van der Waals surface area contributed by atoms with Crippen LogP contribution in [-0.4, -0.2) is 35.5 Å². The molecule has 2 aliphatic rings. The Hall–Kier alpha value is -3.19. The number of amides is 2. The Kier molecular flexibility index (Phi) is 5.77. The number of anilines is 1. The molecule has 0 bridgehead atoms. The number of esters is 1. The van der Waals surface area contributed by atoms with E-state index in [1.165, 1.54) is 24.1 Å².